The quantitative estimate of drug-likeness (QED) is 0.0615. The topological polar surface area (TPSA) is 104 Å². The number of ketones is 1. The predicted octanol–water partition coefficient (Wildman–Crippen LogP) is 11.3. The van der Waals surface area contributed by atoms with Crippen LogP contribution in [0.15, 0.2) is 12.2 Å². The normalized spacial score (nSPS) is 19.9. The molecule has 0 radical (unpaired) electrons. The van der Waals surface area contributed by atoms with Crippen molar-refractivity contribution >= 4 is 36.6 Å². The number of hydrogen-bond donors (Lipinski definition) is 1. The number of aliphatic hydroxyl groups is 1. The number of aliphatic hydroxyl groups excluding tert-OH is 1. The largest absolute Gasteiger partial charge is 0.413 e. The molecular formula is C45H93NO8Si3. The van der Waals surface area contributed by atoms with Crippen LogP contribution in [-0.4, -0.2) is 98.6 Å². The maximum absolute atomic E-state index is 13.9. The smallest absolute Gasteiger partial charge is 0.251 e. The summed E-state index contributed by atoms with van der Waals surface area (Å²) in [6.45, 7) is 48.4. The molecule has 0 bridgehead atoms. The Bertz CT molecular complexity index is 1270. The Kier molecular flexibility index (Phi) is 21.6. The molecule has 0 aromatic carbocycles. The summed E-state index contributed by atoms with van der Waals surface area (Å²) >= 11 is 0. The van der Waals surface area contributed by atoms with Gasteiger partial charge in [0, 0.05) is 32.4 Å². The minimum atomic E-state index is -2.37. The first-order valence-electron chi connectivity index (χ1n) is 21.7. The number of rotatable bonds is 23. The average molecular weight is 860 g/mol. The molecule has 0 spiro atoms. The zero-order valence-electron chi connectivity index (χ0n) is 41.7. The second-order valence-electron chi connectivity index (χ2n) is 22.1. The van der Waals surface area contributed by atoms with Gasteiger partial charge in [0.1, 0.15) is 5.78 Å². The van der Waals surface area contributed by atoms with Gasteiger partial charge in [-0.2, -0.15) is 0 Å². The van der Waals surface area contributed by atoms with Crippen LogP contribution in [0.3, 0.4) is 0 Å². The fourth-order valence-corrected chi connectivity index (χ4v) is 11.0. The molecule has 0 aliphatic rings. The van der Waals surface area contributed by atoms with Gasteiger partial charge >= 0.3 is 0 Å². The van der Waals surface area contributed by atoms with Crippen LogP contribution in [0.2, 0.25) is 54.4 Å². The molecule has 0 aliphatic heterocycles. The lowest BCUT2D eigenvalue weighted by Gasteiger charge is -2.45. The van der Waals surface area contributed by atoms with Gasteiger partial charge in [-0.3, -0.25) is 14.4 Å². The number of hydroxylamine groups is 2. The van der Waals surface area contributed by atoms with Gasteiger partial charge < -0.3 is 23.1 Å². The van der Waals surface area contributed by atoms with Crippen molar-refractivity contribution < 1.29 is 37.5 Å². The number of amides is 1. The van der Waals surface area contributed by atoms with E-state index >= 15 is 0 Å². The van der Waals surface area contributed by atoms with Gasteiger partial charge in [0.15, 0.2) is 25.0 Å². The molecule has 12 heteroatoms. The van der Waals surface area contributed by atoms with E-state index < -0.39 is 49.0 Å². The van der Waals surface area contributed by atoms with Crippen LogP contribution < -0.4 is 0 Å². The highest BCUT2D eigenvalue weighted by Crippen LogP contribution is 2.43. The van der Waals surface area contributed by atoms with Gasteiger partial charge in [-0.1, -0.05) is 116 Å². The van der Waals surface area contributed by atoms with E-state index in [4.69, 9.17) is 22.9 Å². The molecule has 1 amide bonds. The van der Waals surface area contributed by atoms with Crippen molar-refractivity contribution in [3.63, 3.8) is 0 Å². The van der Waals surface area contributed by atoms with Gasteiger partial charge in [0.2, 0.25) is 0 Å². The molecule has 1 N–H and O–H groups in total. The third-order valence-corrected chi connectivity index (χ3v) is 27.7. The maximum atomic E-state index is 13.9. The summed E-state index contributed by atoms with van der Waals surface area (Å²) in [5.74, 6) is -1.06. The fraction of sp³-hybridized carbons (Fsp3) is 0.911. The molecule has 0 heterocycles. The first kappa shape index (κ1) is 56.3. The predicted molar refractivity (Wildman–Crippen MR) is 247 cm³/mol. The van der Waals surface area contributed by atoms with Crippen molar-refractivity contribution in [1.29, 1.82) is 0 Å². The van der Waals surface area contributed by atoms with Crippen LogP contribution in [0, 0.1) is 35.5 Å². The first-order valence-corrected chi connectivity index (χ1v) is 30.4. The number of hydrogen-bond acceptors (Lipinski definition) is 8. The standard InChI is InChI=1S/C45H93NO8Si3/c1-30(26-27-37(47)29-38(48)34(5)41(35(6)42(49)46(17)51-19)54-57(24,25)45(14,15)16)39(52-55(20,21)43(8,9)10)31(2)28-32(3)40(33(4)36(7)50-18)53-56(22,23)44(11,12)13/h26-27,30-37,39-41,47H,28-29H2,1-25H3/b27-26-. The molecule has 0 rings (SSSR count). The third-order valence-electron chi connectivity index (χ3n) is 14.2. The summed E-state index contributed by atoms with van der Waals surface area (Å²) in [7, 11) is -1.87. The highest BCUT2D eigenvalue weighted by atomic mass is 28.4. The number of nitrogens with zero attached hydrogens (tertiary/aromatic N) is 1. The molecule has 0 saturated carbocycles. The molecule has 0 aliphatic carbocycles. The Morgan fingerprint density at radius 2 is 1.02 bits per heavy atom. The van der Waals surface area contributed by atoms with Crippen LogP contribution in [-0.2, 0) is 32.4 Å². The highest BCUT2D eigenvalue weighted by Gasteiger charge is 2.46. The molecular weight excluding hydrogens is 767 g/mol. The molecule has 0 saturated heterocycles. The van der Waals surface area contributed by atoms with Crippen molar-refractivity contribution in [2.24, 2.45) is 35.5 Å². The maximum Gasteiger partial charge on any atom is 0.251 e. The van der Waals surface area contributed by atoms with E-state index in [1.54, 1.807) is 27.2 Å². The van der Waals surface area contributed by atoms with E-state index in [2.05, 4.69) is 136 Å². The van der Waals surface area contributed by atoms with E-state index in [0.29, 0.717) is 0 Å². The molecule has 57 heavy (non-hydrogen) atoms. The average Bonchev–Trinajstić information content (AvgIpc) is 3.06. The van der Waals surface area contributed by atoms with Gasteiger partial charge in [-0.15, -0.1) is 0 Å². The zero-order chi connectivity index (χ0) is 45.4. The molecule has 0 aromatic heterocycles. The van der Waals surface area contributed by atoms with Crippen molar-refractivity contribution in [3.8, 4) is 0 Å². The van der Waals surface area contributed by atoms with E-state index in [1.807, 2.05) is 13.0 Å². The summed E-state index contributed by atoms with van der Waals surface area (Å²) < 4.78 is 27.1. The Labute approximate surface area is 355 Å². The Morgan fingerprint density at radius 1 is 0.632 bits per heavy atom. The minimum Gasteiger partial charge on any atom is -0.413 e. The summed E-state index contributed by atoms with van der Waals surface area (Å²) in [4.78, 5) is 32.4. The molecule has 338 valence electrons. The monoisotopic (exact) mass is 860 g/mol. The van der Waals surface area contributed by atoms with E-state index in [1.165, 1.54) is 12.2 Å². The van der Waals surface area contributed by atoms with Gasteiger partial charge in [0.05, 0.1) is 43.5 Å². The summed E-state index contributed by atoms with van der Waals surface area (Å²) in [5.41, 5.74) is 0. The Hall–Kier alpha value is -0.709. The van der Waals surface area contributed by atoms with Crippen molar-refractivity contribution in [3.05, 3.63) is 12.2 Å². The fourth-order valence-electron chi connectivity index (χ4n) is 6.58. The molecule has 0 aromatic rings. The van der Waals surface area contributed by atoms with Crippen molar-refractivity contribution in [1.82, 2.24) is 5.06 Å². The number of ether oxygens (including phenoxy) is 1. The van der Waals surface area contributed by atoms with Gasteiger partial charge in [-0.25, -0.2) is 5.06 Å². The van der Waals surface area contributed by atoms with Crippen LogP contribution in [0.1, 0.15) is 124 Å². The second kappa shape index (κ2) is 21.9. The van der Waals surface area contributed by atoms with Crippen LogP contribution >= 0.6 is 0 Å². The molecule has 0 fully saturated rings. The SMILES string of the molecule is COC(C)C(C)C(O[Si](C)(C)C(C)(C)C)C(C)CC(C)C(O[Si](C)(C)C(C)(C)C)C(C)/C=C\C(O)CC(=O)C(C)C(O[Si](C)(C)C(C)(C)C)C(C)C(=O)N(C)OC. The lowest BCUT2D eigenvalue weighted by atomic mass is 9.81. The van der Waals surface area contributed by atoms with Crippen LogP contribution in [0.25, 0.3) is 0 Å². The van der Waals surface area contributed by atoms with Crippen molar-refractivity contribution in [2.75, 3.05) is 21.3 Å². The Morgan fingerprint density at radius 3 is 1.40 bits per heavy atom. The van der Waals surface area contributed by atoms with Crippen LogP contribution in [0.4, 0.5) is 0 Å². The zero-order valence-corrected chi connectivity index (χ0v) is 44.7. The minimum absolute atomic E-state index is 0.0120. The molecule has 11 atom stereocenters. The van der Waals surface area contributed by atoms with E-state index in [9.17, 15) is 14.7 Å². The highest BCUT2D eigenvalue weighted by molar-refractivity contribution is 6.75. The van der Waals surface area contributed by atoms with Gasteiger partial charge in [0.25, 0.3) is 5.91 Å². The molecule has 9 nitrogen and oxygen atoms in total. The Balaban J connectivity index is 6.59. The summed E-state index contributed by atoms with van der Waals surface area (Å²) in [6, 6.07) is 0. The lowest BCUT2D eigenvalue weighted by Crippen LogP contribution is -2.51. The first-order chi connectivity index (χ1) is 25.4. The van der Waals surface area contributed by atoms with Gasteiger partial charge in [-0.05, 0) is 85.5 Å². The van der Waals surface area contributed by atoms with E-state index in [0.717, 1.165) is 6.42 Å². The lowest BCUT2D eigenvalue weighted by molar-refractivity contribution is -0.177. The van der Waals surface area contributed by atoms with Crippen LogP contribution in [0.5, 0.6) is 0 Å². The van der Waals surface area contributed by atoms with Crippen molar-refractivity contribution in [2.45, 2.75) is 209 Å². The number of carbonyl (C=O) groups excluding carboxylic acids is 2. The second-order valence-corrected chi connectivity index (χ2v) is 36.4. The van der Waals surface area contributed by atoms with E-state index in [-0.39, 0.29) is 75.2 Å². The molecule has 11 unspecified atom stereocenters. The number of methoxy groups -OCH3 is 1. The number of Topliss-reactive ketones (excluding diaryl/α,β-unsaturated/α-hetero) is 1. The third kappa shape index (κ3) is 16.3. The summed E-state index contributed by atoms with van der Waals surface area (Å²) in [5, 5.41) is 12.5. The summed E-state index contributed by atoms with van der Waals surface area (Å²) in [6.07, 6.45) is 2.92. The number of carbonyl (C=O) groups is 2.